The molecule has 2 N–H and O–H groups in total. The summed E-state index contributed by atoms with van der Waals surface area (Å²) in [7, 11) is -3.40. The summed E-state index contributed by atoms with van der Waals surface area (Å²) >= 11 is 0. The molecule has 0 aliphatic rings. The summed E-state index contributed by atoms with van der Waals surface area (Å²) in [4.78, 5) is 0.0427. The maximum absolute atomic E-state index is 11.6. The number of rotatable bonds is 4. The number of nitriles is 1. The standard InChI is InChI=1S/C15H14N2O3S/c1-21(18,19)14-4-2-3-13(15(14)17)20-12-7-5-11(6-8-12)9-10-16/h2-8H,9,17H2,1H3. The van der Waals surface area contributed by atoms with Crippen LogP contribution in [0.5, 0.6) is 11.5 Å². The van der Waals surface area contributed by atoms with Gasteiger partial charge in [-0.1, -0.05) is 18.2 Å². The van der Waals surface area contributed by atoms with Gasteiger partial charge in [0, 0.05) is 6.26 Å². The zero-order valence-corrected chi connectivity index (χ0v) is 12.2. The van der Waals surface area contributed by atoms with Crippen molar-refractivity contribution in [2.75, 3.05) is 12.0 Å². The van der Waals surface area contributed by atoms with Gasteiger partial charge >= 0.3 is 0 Å². The molecule has 0 fully saturated rings. The first-order valence-corrected chi connectivity index (χ1v) is 8.03. The molecule has 0 aliphatic heterocycles. The number of hydrogen-bond donors (Lipinski definition) is 1. The highest BCUT2D eigenvalue weighted by atomic mass is 32.2. The lowest BCUT2D eigenvalue weighted by Crippen LogP contribution is -2.03. The van der Waals surface area contributed by atoms with Crippen molar-refractivity contribution in [2.45, 2.75) is 11.3 Å². The van der Waals surface area contributed by atoms with Gasteiger partial charge in [-0.25, -0.2) is 8.42 Å². The van der Waals surface area contributed by atoms with Gasteiger partial charge in [-0.3, -0.25) is 0 Å². The maximum Gasteiger partial charge on any atom is 0.177 e. The van der Waals surface area contributed by atoms with Crippen LogP contribution in [0.4, 0.5) is 5.69 Å². The molecule has 0 saturated heterocycles. The van der Waals surface area contributed by atoms with E-state index in [2.05, 4.69) is 6.07 Å². The van der Waals surface area contributed by atoms with Crippen molar-refractivity contribution in [3.05, 3.63) is 48.0 Å². The van der Waals surface area contributed by atoms with E-state index in [1.54, 1.807) is 36.4 Å². The summed E-state index contributed by atoms with van der Waals surface area (Å²) < 4.78 is 28.8. The van der Waals surface area contributed by atoms with Crippen LogP contribution in [0.2, 0.25) is 0 Å². The van der Waals surface area contributed by atoms with Gasteiger partial charge in [0.05, 0.1) is 23.1 Å². The number of sulfone groups is 1. The zero-order chi connectivity index (χ0) is 15.5. The molecular formula is C15H14N2O3S. The third-order valence-corrected chi connectivity index (χ3v) is 4.01. The van der Waals surface area contributed by atoms with Crippen LogP contribution in [0.15, 0.2) is 47.4 Å². The van der Waals surface area contributed by atoms with Crippen LogP contribution < -0.4 is 10.5 Å². The van der Waals surface area contributed by atoms with Crippen LogP contribution >= 0.6 is 0 Å². The number of para-hydroxylation sites is 1. The molecule has 6 heteroatoms. The number of nitrogen functional groups attached to an aromatic ring is 1. The Labute approximate surface area is 123 Å². The Morgan fingerprint density at radius 1 is 1.19 bits per heavy atom. The van der Waals surface area contributed by atoms with Crippen molar-refractivity contribution in [3.8, 4) is 17.6 Å². The summed E-state index contributed by atoms with van der Waals surface area (Å²) in [5.74, 6) is 0.806. The van der Waals surface area contributed by atoms with Crippen molar-refractivity contribution in [1.82, 2.24) is 0 Å². The van der Waals surface area contributed by atoms with Crippen molar-refractivity contribution < 1.29 is 13.2 Å². The fourth-order valence-corrected chi connectivity index (χ4v) is 2.66. The fraction of sp³-hybridized carbons (Fsp3) is 0.133. The second-order valence-electron chi connectivity index (χ2n) is 4.52. The molecule has 5 nitrogen and oxygen atoms in total. The molecule has 2 aromatic carbocycles. The lowest BCUT2D eigenvalue weighted by molar-refractivity contribution is 0.483. The molecule has 0 bridgehead atoms. The molecular weight excluding hydrogens is 288 g/mol. The molecule has 0 radical (unpaired) electrons. The molecule has 21 heavy (non-hydrogen) atoms. The first kappa shape index (κ1) is 14.9. The van der Waals surface area contributed by atoms with Gasteiger partial charge < -0.3 is 10.5 Å². The van der Waals surface area contributed by atoms with E-state index < -0.39 is 9.84 Å². The zero-order valence-electron chi connectivity index (χ0n) is 11.4. The number of hydrogen-bond acceptors (Lipinski definition) is 5. The first-order chi connectivity index (χ1) is 9.91. The van der Waals surface area contributed by atoms with Gasteiger partial charge in [0.1, 0.15) is 5.75 Å². The van der Waals surface area contributed by atoms with Gasteiger partial charge in [-0.05, 0) is 29.8 Å². The van der Waals surface area contributed by atoms with E-state index in [1.165, 1.54) is 6.07 Å². The number of nitrogens with zero attached hydrogens (tertiary/aromatic N) is 1. The van der Waals surface area contributed by atoms with Crippen molar-refractivity contribution in [1.29, 1.82) is 5.26 Å². The number of anilines is 1. The molecule has 0 amide bonds. The molecule has 0 atom stereocenters. The predicted octanol–water partition coefficient (Wildman–Crippen LogP) is 2.53. The van der Waals surface area contributed by atoms with Gasteiger partial charge in [0.2, 0.25) is 0 Å². The largest absolute Gasteiger partial charge is 0.455 e. The number of nitrogens with two attached hydrogens (primary N) is 1. The highest BCUT2D eigenvalue weighted by Gasteiger charge is 2.15. The minimum Gasteiger partial charge on any atom is -0.455 e. The van der Waals surface area contributed by atoms with E-state index in [4.69, 9.17) is 15.7 Å². The Kier molecular flexibility index (Phi) is 4.15. The Hall–Kier alpha value is -2.52. The number of ether oxygens (including phenoxy) is 1. The van der Waals surface area contributed by atoms with Crippen LogP contribution in [-0.4, -0.2) is 14.7 Å². The normalized spacial score (nSPS) is 10.9. The molecule has 2 rings (SSSR count). The SMILES string of the molecule is CS(=O)(=O)c1cccc(Oc2ccc(CC#N)cc2)c1N. The molecule has 2 aromatic rings. The van der Waals surface area contributed by atoms with Crippen LogP contribution in [0.1, 0.15) is 5.56 Å². The summed E-state index contributed by atoms with van der Waals surface area (Å²) in [6, 6.07) is 13.6. The molecule has 0 unspecified atom stereocenters. The van der Waals surface area contributed by atoms with Crippen molar-refractivity contribution in [3.63, 3.8) is 0 Å². The van der Waals surface area contributed by atoms with Crippen LogP contribution in [0, 0.1) is 11.3 Å². The lowest BCUT2D eigenvalue weighted by Gasteiger charge is -2.11. The fourth-order valence-electron chi connectivity index (χ4n) is 1.83. The predicted molar refractivity (Wildman–Crippen MR) is 79.8 cm³/mol. The summed E-state index contributed by atoms with van der Waals surface area (Å²) in [6.07, 6.45) is 1.42. The Morgan fingerprint density at radius 3 is 2.43 bits per heavy atom. The first-order valence-electron chi connectivity index (χ1n) is 6.14. The van der Waals surface area contributed by atoms with Crippen LogP contribution in [-0.2, 0) is 16.3 Å². The van der Waals surface area contributed by atoms with Gasteiger partial charge in [0.15, 0.2) is 15.6 Å². The van der Waals surface area contributed by atoms with Crippen LogP contribution in [0.25, 0.3) is 0 Å². The maximum atomic E-state index is 11.6. The van der Waals surface area contributed by atoms with Gasteiger partial charge in [-0.15, -0.1) is 0 Å². The summed E-state index contributed by atoms with van der Waals surface area (Å²) in [5, 5.41) is 8.61. The summed E-state index contributed by atoms with van der Waals surface area (Å²) in [6.45, 7) is 0. The van der Waals surface area contributed by atoms with Crippen LogP contribution in [0.3, 0.4) is 0 Å². The van der Waals surface area contributed by atoms with E-state index >= 15 is 0 Å². The Bertz CT molecular complexity index is 791. The second kappa shape index (κ2) is 5.85. The third-order valence-electron chi connectivity index (χ3n) is 2.86. The number of benzene rings is 2. The molecule has 0 aromatic heterocycles. The lowest BCUT2D eigenvalue weighted by atomic mass is 10.2. The Morgan fingerprint density at radius 2 is 1.86 bits per heavy atom. The van der Waals surface area contributed by atoms with E-state index in [-0.39, 0.29) is 16.3 Å². The van der Waals surface area contributed by atoms with E-state index in [1.807, 2.05) is 0 Å². The van der Waals surface area contributed by atoms with Gasteiger partial charge in [-0.2, -0.15) is 5.26 Å². The summed E-state index contributed by atoms with van der Waals surface area (Å²) in [5.41, 5.74) is 6.81. The monoisotopic (exact) mass is 302 g/mol. The van der Waals surface area contributed by atoms with E-state index in [0.717, 1.165) is 11.8 Å². The van der Waals surface area contributed by atoms with Crippen molar-refractivity contribution >= 4 is 15.5 Å². The van der Waals surface area contributed by atoms with Crippen molar-refractivity contribution in [2.24, 2.45) is 0 Å². The molecule has 0 aliphatic carbocycles. The molecule has 0 spiro atoms. The topological polar surface area (TPSA) is 93.2 Å². The minimum absolute atomic E-state index is 0.0427. The van der Waals surface area contributed by atoms with E-state index in [9.17, 15) is 8.42 Å². The Balaban J connectivity index is 2.30. The second-order valence-corrected chi connectivity index (χ2v) is 6.51. The average Bonchev–Trinajstić information content (AvgIpc) is 2.42. The third kappa shape index (κ3) is 3.52. The molecule has 108 valence electrons. The molecule has 0 saturated carbocycles. The van der Waals surface area contributed by atoms with Gasteiger partial charge in [0.25, 0.3) is 0 Å². The minimum atomic E-state index is -3.40. The highest BCUT2D eigenvalue weighted by molar-refractivity contribution is 7.90. The smallest absolute Gasteiger partial charge is 0.177 e. The quantitative estimate of drug-likeness (QED) is 0.876. The average molecular weight is 302 g/mol. The van der Waals surface area contributed by atoms with E-state index in [0.29, 0.717) is 12.2 Å². The highest BCUT2D eigenvalue weighted by Crippen LogP contribution is 2.32. The molecule has 0 heterocycles.